The molecule has 0 aromatic heterocycles. The Hall–Kier alpha value is -1.77. The van der Waals surface area contributed by atoms with Gasteiger partial charge >= 0.3 is 12.2 Å². The van der Waals surface area contributed by atoms with Gasteiger partial charge in [-0.15, -0.1) is 0 Å². The molecule has 0 saturated carbocycles. The van der Waals surface area contributed by atoms with Gasteiger partial charge in [-0.1, -0.05) is 0 Å². The topological polar surface area (TPSA) is 113 Å². The van der Waals surface area contributed by atoms with Gasteiger partial charge in [0.1, 0.15) is 5.60 Å². The van der Waals surface area contributed by atoms with Crippen molar-refractivity contribution in [1.82, 2.24) is 9.62 Å². The zero-order chi connectivity index (χ0) is 16.3. The van der Waals surface area contributed by atoms with Gasteiger partial charge in [0.2, 0.25) is 0 Å². The fourth-order valence-electron chi connectivity index (χ4n) is 1.87. The summed E-state index contributed by atoms with van der Waals surface area (Å²) in [6.45, 7) is 5.19. The van der Waals surface area contributed by atoms with Crippen LogP contribution in [0.2, 0.25) is 0 Å². The number of hydrogen-bond acceptors (Lipinski definition) is 5. The van der Waals surface area contributed by atoms with E-state index in [-0.39, 0.29) is 0 Å². The molecule has 1 atom stereocenters. The van der Waals surface area contributed by atoms with Gasteiger partial charge < -0.3 is 14.7 Å². The van der Waals surface area contributed by atoms with Crippen LogP contribution in [0.4, 0.5) is 9.59 Å². The lowest BCUT2D eigenvalue weighted by atomic mass is 10.2. The second-order valence-corrected chi connectivity index (χ2v) is 7.23. The van der Waals surface area contributed by atoms with Crippen LogP contribution in [0.15, 0.2) is 11.5 Å². The first-order valence-corrected chi connectivity index (χ1v) is 7.98. The number of carbonyl (C=O) groups excluding carboxylic acids is 1. The predicted molar refractivity (Wildman–Crippen MR) is 75.2 cm³/mol. The van der Waals surface area contributed by atoms with Crippen molar-refractivity contribution in [2.75, 3.05) is 6.54 Å². The summed E-state index contributed by atoms with van der Waals surface area (Å²) in [6, 6.07) is -0.502. The Morgan fingerprint density at radius 1 is 1.38 bits per heavy atom. The molecule has 0 spiro atoms. The first-order valence-electron chi connectivity index (χ1n) is 6.44. The molecule has 1 aliphatic rings. The number of nitrogens with one attached hydrogen (secondary N) is 1. The number of carbonyl (C=O) groups is 2. The molecule has 1 saturated heterocycles. The summed E-state index contributed by atoms with van der Waals surface area (Å²) < 4.78 is 30.0. The molecule has 0 radical (unpaired) electrons. The SMILES string of the molecule is CC(C)(C)OC(=O)NS(=O)(=O)/C=C/[C@H]1CCCN1C(=O)O. The van der Waals surface area contributed by atoms with Crippen molar-refractivity contribution in [2.45, 2.75) is 45.3 Å². The third-order valence-corrected chi connectivity index (χ3v) is 3.62. The molecule has 1 aliphatic heterocycles. The summed E-state index contributed by atoms with van der Waals surface area (Å²) in [4.78, 5) is 23.5. The molecule has 1 heterocycles. The van der Waals surface area contributed by atoms with E-state index >= 15 is 0 Å². The Bertz CT molecular complexity index is 534. The smallest absolute Gasteiger partial charge is 0.421 e. The Morgan fingerprint density at radius 2 is 2.00 bits per heavy atom. The van der Waals surface area contributed by atoms with Crippen LogP contribution in [-0.2, 0) is 14.8 Å². The van der Waals surface area contributed by atoms with Crippen molar-refractivity contribution in [1.29, 1.82) is 0 Å². The van der Waals surface area contributed by atoms with Gasteiger partial charge in [-0.25, -0.2) is 22.7 Å². The molecule has 0 aliphatic carbocycles. The standard InChI is InChI=1S/C12H20N2O6S/c1-12(2,3)20-10(15)13-21(18,19)8-6-9-5-4-7-14(9)11(16)17/h6,8-9H,4-5,7H2,1-3H3,(H,13,15)(H,16,17)/b8-6+/t9-/m1/s1. The zero-order valence-corrected chi connectivity index (χ0v) is 13.0. The van der Waals surface area contributed by atoms with Crippen LogP contribution in [0.25, 0.3) is 0 Å². The van der Waals surface area contributed by atoms with E-state index in [1.165, 1.54) is 6.08 Å². The monoisotopic (exact) mass is 320 g/mol. The van der Waals surface area contributed by atoms with Crippen molar-refractivity contribution >= 4 is 22.2 Å². The number of ether oxygens (including phenoxy) is 1. The average molecular weight is 320 g/mol. The van der Waals surface area contributed by atoms with E-state index in [0.29, 0.717) is 19.4 Å². The van der Waals surface area contributed by atoms with Crippen molar-refractivity contribution < 1.29 is 27.9 Å². The average Bonchev–Trinajstić information content (AvgIpc) is 2.70. The van der Waals surface area contributed by atoms with Gasteiger partial charge in [0.05, 0.1) is 6.04 Å². The molecule has 1 fully saturated rings. The molecule has 1 rings (SSSR count). The third kappa shape index (κ3) is 6.03. The highest BCUT2D eigenvalue weighted by atomic mass is 32.2. The second-order valence-electron chi connectivity index (χ2n) is 5.66. The molecule has 120 valence electrons. The van der Waals surface area contributed by atoms with Crippen LogP contribution in [0.5, 0.6) is 0 Å². The highest BCUT2D eigenvalue weighted by Gasteiger charge is 2.27. The van der Waals surface area contributed by atoms with Gasteiger partial charge in [-0.2, -0.15) is 0 Å². The van der Waals surface area contributed by atoms with Crippen molar-refractivity contribution in [3.05, 3.63) is 11.5 Å². The van der Waals surface area contributed by atoms with E-state index < -0.39 is 33.9 Å². The minimum absolute atomic E-state index is 0.365. The zero-order valence-electron chi connectivity index (χ0n) is 12.2. The number of hydrogen-bond donors (Lipinski definition) is 2. The minimum Gasteiger partial charge on any atom is -0.465 e. The Labute approximate surface area is 123 Å². The van der Waals surface area contributed by atoms with Crippen molar-refractivity contribution in [3.8, 4) is 0 Å². The molecule has 2 amide bonds. The van der Waals surface area contributed by atoms with Gasteiger partial charge in [0.15, 0.2) is 0 Å². The van der Waals surface area contributed by atoms with E-state index in [2.05, 4.69) is 0 Å². The summed E-state index contributed by atoms with van der Waals surface area (Å²) in [7, 11) is -4.01. The lowest BCUT2D eigenvalue weighted by molar-refractivity contribution is 0.0570. The maximum Gasteiger partial charge on any atom is 0.421 e. The van der Waals surface area contributed by atoms with Gasteiger partial charge in [0, 0.05) is 12.0 Å². The third-order valence-electron chi connectivity index (χ3n) is 2.65. The van der Waals surface area contributed by atoms with Crippen LogP contribution in [-0.4, -0.2) is 48.8 Å². The lowest BCUT2D eigenvalue weighted by Gasteiger charge is -2.19. The highest BCUT2D eigenvalue weighted by Crippen LogP contribution is 2.18. The molecule has 9 heteroatoms. The lowest BCUT2D eigenvalue weighted by Crippen LogP contribution is -2.36. The Balaban J connectivity index is 2.66. The number of likely N-dealkylation sites (tertiary alicyclic amines) is 1. The summed E-state index contributed by atoms with van der Waals surface area (Å²) in [5, 5.41) is 9.73. The first kappa shape index (κ1) is 17.3. The largest absolute Gasteiger partial charge is 0.465 e. The number of sulfonamides is 1. The fraction of sp³-hybridized carbons (Fsp3) is 0.667. The van der Waals surface area contributed by atoms with Crippen LogP contribution in [0, 0.1) is 0 Å². The molecule has 8 nitrogen and oxygen atoms in total. The van der Waals surface area contributed by atoms with E-state index in [1.54, 1.807) is 25.5 Å². The molecule has 2 N–H and O–H groups in total. The quantitative estimate of drug-likeness (QED) is 0.814. The summed E-state index contributed by atoms with van der Waals surface area (Å²) in [6.07, 6.45) is 0.299. The molecule has 0 aromatic rings. The van der Waals surface area contributed by atoms with E-state index in [4.69, 9.17) is 9.84 Å². The van der Waals surface area contributed by atoms with E-state index in [9.17, 15) is 18.0 Å². The van der Waals surface area contributed by atoms with Crippen molar-refractivity contribution in [3.63, 3.8) is 0 Å². The van der Waals surface area contributed by atoms with Crippen molar-refractivity contribution in [2.24, 2.45) is 0 Å². The summed E-state index contributed by atoms with van der Waals surface area (Å²) in [5.41, 5.74) is -0.811. The van der Waals surface area contributed by atoms with E-state index in [0.717, 1.165) is 10.3 Å². The van der Waals surface area contributed by atoms with Crippen LogP contribution in [0.3, 0.4) is 0 Å². The second kappa shape index (κ2) is 6.33. The number of amides is 2. The van der Waals surface area contributed by atoms with Crippen LogP contribution < -0.4 is 4.72 Å². The Kier molecular flexibility index (Phi) is 5.21. The molecule has 0 unspecified atom stereocenters. The minimum atomic E-state index is -4.01. The number of carboxylic acid groups (broad SMARTS) is 1. The normalized spacial score (nSPS) is 19.8. The molecule has 21 heavy (non-hydrogen) atoms. The molecule has 0 aromatic carbocycles. The summed E-state index contributed by atoms with van der Waals surface area (Å²) in [5.74, 6) is 0. The van der Waals surface area contributed by atoms with Gasteiger partial charge in [0.25, 0.3) is 10.0 Å². The highest BCUT2D eigenvalue weighted by molar-refractivity contribution is 7.92. The van der Waals surface area contributed by atoms with Crippen LogP contribution >= 0.6 is 0 Å². The fourth-order valence-corrected chi connectivity index (χ4v) is 2.60. The van der Waals surface area contributed by atoms with E-state index in [1.807, 2.05) is 0 Å². The molecular formula is C12H20N2O6S. The number of rotatable bonds is 3. The maximum absolute atomic E-state index is 11.7. The molecular weight excluding hydrogens is 300 g/mol. The van der Waals surface area contributed by atoms with Crippen LogP contribution in [0.1, 0.15) is 33.6 Å². The number of nitrogens with zero attached hydrogens (tertiary/aromatic N) is 1. The maximum atomic E-state index is 11.7. The summed E-state index contributed by atoms with van der Waals surface area (Å²) >= 11 is 0. The predicted octanol–water partition coefficient (Wildman–Crippen LogP) is 1.50. The Morgan fingerprint density at radius 3 is 2.52 bits per heavy atom. The van der Waals surface area contributed by atoms with Gasteiger partial charge in [-0.3, -0.25) is 0 Å². The van der Waals surface area contributed by atoms with Gasteiger partial charge in [-0.05, 0) is 39.7 Å². The first-order chi connectivity index (χ1) is 9.50. The molecule has 0 bridgehead atoms.